The second-order valence-electron chi connectivity index (χ2n) is 11.9. The van der Waals surface area contributed by atoms with E-state index >= 15 is 0 Å². The van der Waals surface area contributed by atoms with Crippen molar-refractivity contribution in [3.63, 3.8) is 0 Å². The zero-order valence-electron chi connectivity index (χ0n) is 23.0. The molecule has 9 atom stereocenters. The van der Waals surface area contributed by atoms with Crippen LogP contribution < -0.4 is 10.6 Å². The molecule has 8 heteroatoms. The molecule has 210 valence electrons. The van der Waals surface area contributed by atoms with Crippen LogP contribution in [0.4, 0.5) is 5.69 Å². The van der Waals surface area contributed by atoms with E-state index in [1.165, 1.54) is 0 Å². The normalized spacial score (nSPS) is 35.0. The van der Waals surface area contributed by atoms with Crippen LogP contribution in [0.5, 0.6) is 0 Å². The Morgan fingerprint density at radius 1 is 1.05 bits per heavy atom. The quantitative estimate of drug-likeness (QED) is 0.479. The molecule has 0 radical (unpaired) electrons. The summed E-state index contributed by atoms with van der Waals surface area (Å²) in [5.74, 6) is -1.48. The topological polar surface area (TPSA) is 87.7 Å². The maximum Gasteiger partial charge on any atom is 0.246 e. The Morgan fingerprint density at radius 3 is 2.50 bits per heavy atom. The van der Waals surface area contributed by atoms with Crippen molar-refractivity contribution in [1.29, 1.82) is 0 Å². The predicted octanol–water partition coefficient (Wildman–Crippen LogP) is 5.13. The van der Waals surface area contributed by atoms with Gasteiger partial charge in [0.2, 0.25) is 17.7 Å². The minimum atomic E-state index is -1.21. The molecule has 3 aliphatic heterocycles. The standard InChI is InChI=1S/C32H36ClN3O4/c1-18-8-7-11-24(19(18)2)35-30(38)28-32-17-16-25(40-32)26(29(37)34-23-14-12-22(33)13-15-23)27(32)31(39)36(28)20(3)21-9-5-4-6-10-21/h4-6,9-10,12-20,24-28H,7-8,11H2,1-3H3,(H,34,37)(H,35,38). The lowest BCUT2D eigenvalue weighted by Gasteiger charge is -2.39. The van der Waals surface area contributed by atoms with Gasteiger partial charge < -0.3 is 20.3 Å². The van der Waals surface area contributed by atoms with Gasteiger partial charge in [0.05, 0.1) is 24.0 Å². The lowest BCUT2D eigenvalue weighted by molar-refractivity contribution is -0.144. The van der Waals surface area contributed by atoms with Crippen LogP contribution in [0.15, 0.2) is 66.7 Å². The third kappa shape index (κ3) is 4.34. The Labute approximate surface area is 240 Å². The number of rotatable bonds is 6. The average Bonchev–Trinajstić information content (AvgIpc) is 3.60. The van der Waals surface area contributed by atoms with Crippen LogP contribution in [-0.2, 0) is 19.1 Å². The number of ether oxygens (including phenoxy) is 1. The number of amides is 3. The number of nitrogens with zero attached hydrogens (tertiary/aromatic N) is 1. The second-order valence-corrected chi connectivity index (χ2v) is 12.3. The van der Waals surface area contributed by atoms with Crippen molar-refractivity contribution in [2.45, 2.75) is 69.9 Å². The molecule has 2 saturated heterocycles. The van der Waals surface area contributed by atoms with Gasteiger partial charge in [-0.3, -0.25) is 14.4 Å². The highest BCUT2D eigenvalue weighted by Gasteiger charge is 2.73. The van der Waals surface area contributed by atoms with E-state index in [1.54, 1.807) is 29.2 Å². The summed E-state index contributed by atoms with van der Waals surface area (Å²) < 4.78 is 6.52. The molecule has 9 unspecified atom stereocenters. The summed E-state index contributed by atoms with van der Waals surface area (Å²) in [4.78, 5) is 43.9. The first-order chi connectivity index (χ1) is 19.2. The molecule has 2 aromatic carbocycles. The molecule has 3 fully saturated rings. The summed E-state index contributed by atoms with van der Waals surface area (Å²) in [6, 6.07) is 15.3. The maximum atomic E-state index is 14.4. The molecule has 3 amide bonds. The van der Waals surface area contributed by atoms with Gasteiger partial charge in [0.25, 0.3) is 0 Å². The SMILES string of the molecule is CC1CCCC(NC(=O)C2N(C(C)c3ccccc3)C(=O)C3C(C(=O)Nc4ccc(Cl)cc4)C4C=CC32O4)C1C. The molecule has 6 rings (SSSR count). The molecule has 7 nitrogen and oxygen atoms in total. The fraction of sp³-hybridized carbons (Fsp3) is 0.469. The van der Waals surface area contributed by atoms with E-state index in [2.05, 4.69) is 24.5 Å². The Morgan fingerprint density at radius 2 is 1.77 bits per heavy atom. The Kier molecular flexibility index (Phi) is 6.99. The van der Waals surface area contributed by atoms with Gasteiger partial charge in [0.1, 0.15) is 11.6 Å². The monoisotopic (exact) mass is 561 g/mol. The smallest absolute Gasteiger partial charge is 0.246 e. The third-order valence-electron chi connectivity index (χ3n) is 9.71. The van der Waals surface area contributed by atoms with Crippen LogP contribution in [0.25, 0.3) is 0 Å². The molecule has 2 bridgehead atoms. The number of fused-ring (bicyclic) bond motifs is 1. The van der Waals surface area contributed by atoms with E-state index in [1.807, 2.05) is 49.4 Å². The van der Waals surface area contributed by atoms with Gasteiger partial charge in [-0.05, 0) is 55.0 Å². The second kappa shape index (κ2) is 10.3. The Hall–Kier alpha value is -3.16. The van der Waals surface area contributed by atoms with Crippen molar-refractivity contribution in [2.75, 3.05) is 5.32 Å². The summed E-state index contributed by atoms with van der Waals surface area (Å²) in [6.45, 7) is 6.36. The summed E-state index contributed by atoms with van der Waals surface area (Å²) >= 11 is 6.02. The molecule has 3 heterocycles. The van der Waals surface area contributed by atoms with E-state index < -0.39 is 29.6 Å². The molecule has 2 aromatic rings. The fourth-order valence-corrected chi connectivity index (χ4v) is 7.45. The maximum absolute atomic E-state index is 14.4. The summed E-state index contributed by atoms with van der Waals surface area (Å²) in [7, 11) is 0. The van der Waals surface area contributed by atoms with Gasteiger partial charge in [-0.25, -0.2) is 0 Å². The minimum Gasteiger partial charge on any atom is -0.359 e. The van der Waals surface area contributed by atoms with E-state index in [-0.39, 0.29) is 29.8 Å². The van der Waals surface area contributed by atoms with Gasteiger partial charge in [-0.1, -0.05) is 80.8 Å². The first-order valence-corrected chi connectivity index (χ1v) is 14.7. The van der Waals surface area contributed by atoms with Gasteiger partial charge in [0, 0.05) is 16.8 Å². The first-order valence-electron chi connectivity index (χ1n) is 14.3. The highest BCUT2D eigenvalue weighted by atomic mass is 35.5. The van der Waals surface area contributed by atoms with E-state index in [0.29, 0.717) is 22.5 Å². The Balaban J connectivity index is 1.35. The molecule has 2 N–H and O–H groups in total. The zero-order chi connectivity index (χ0) is 28.2. The molecule has 1 aliphatic carbocycles. The third-order valence-corrected chi connectivity index (χ3v) is 9.96. The summed E-state index contributed by atoms with van der Waals surface area (Å²) in [5.41, 5.74) is 0.302. The van der Waals surface area contributed by atoms with Crippen molar-refractivity contribution in [3.05, 3.63) is 77.3 Å². The van der Waals surface area contributed by atoms with Crippen LogP contribution in [0.3, 0.4) is 0 Å². The van der Waals surface area contributed by atoms with Crippen molar-refractivity contribution < 1.29 is 19.1 Å². The lowest BCUT2D eigenvalue weighted by Crippen LogP contribution is -2.58. The lowest BCUT2D eigenvalue weighted by atomic mass is 9.73. The summed E-state index contributed by atoms with van der Waals surface area (Å²) in [6.07, 6.45) is 6.24. The summed E-state index contributed by atoms with van der Waals surface area (Å²) in [5, 5.41) is 6.82. The molecule has 4 aliphatic rings. The van der Waals surface area contributed by atoms with Crippen molar-refractivity contribution in [1.82, 2.24) is 10.2 Å². The Bertz CT molecular complexity index is 1330. The highest BCUT2D eigenvalue weighted by Crippen LogP contribution is 2.56. The number of hydrogen-bond donors (Lipinski definition) is 2. The van der Waals surface area contributed by atoms with E-state index in [4.69, 9.17) is 16.3 Å². The zero-order valence-corrected chi connectivity index (χ0v) is 23.8. The van der Waals surface area contributed by atoms with Gasteiger partial charge in [-0.15, -0.1) is 0 Å². The number of carbonyl (C=O) groups is 3. The number of hydrogen-bond acceptors (Lipinski definition) is 4. The van der Waals surface area contributed by atoms with Crippen molar-refractivity contribution in [3.8, 4) is 0 Å². The fourth-order valence-electron chi connectivity index (χ4n) is 7.32. The van der Waals surface area contributed by atoms with Crippen LogP contribution >= 0.6 is 11.6 Å². The van der Waals surface area contributed by atoms with Crippen molar-refractivity contribution >= 4 is 35.0 Å². The largest absolute Gasteiger partial charge is 0.359 e. The molecular weight excluding hydrogens is 526 g/mol. The van der Waals surface area contributed by atoms with E-state index in [9.17, 15) is 14.4 Å². The number of nitrogens with one attached hydrogen (secondary N) is 2. The number of benzene rings is 2. The van der Waals surface area contributed by atoms with Crippen LogP contribution in [0.2, 0.25) is 5.02 Å². The van der Waals surface area contributed by atoms with Gasteiger partial charge in [-0.2, -0.15) is 0 Å². The molecule has 1 saturated carbocycles. The average molecular weight is 562 g/mol. The highest BCUT2D eigenvalue weighted by molar-refractivity contribution is 6.30. The van der Waals surface area contributed by atoms with Crippen LogP contribution in [0.1, 0.15) is 51.6 Å². The number of likely N-dealkylation sites (tertiary alicyclic amines) is 1. The number of halogens is 1. The molecule has 40 heavy (non-hydrogen) atoms. The number of anilines is 1. The molecule has 0 aromatic heterocycles. The molecule has 1 spiro atoms. The molecular formula is C32H36ClN3O4. The predicted molar refractivity (Wildman–Crippen MR) is 153 cm³/mol. The van der Waals surface area contributed by atoms with Gasteiger partial charge in [0.15, 0.2) is 0 Å². The minimum absolute atomic E-state index is 0.0299. The van der Waals surface area contributed by atoms with Crippen LogP contribution in [-0.4, -0.2) is 46.4 Å². The van der Waals surface area contributed by atoms with E-state index in [0.717, 1.165) is 24.8 Å². The first kappa shape index (κ1) is 27.0. The van der Waals surface area contributed by atoms with Crippen LogP contribution in [0, 0.1) is 23.7 Å². The van der Waals surface area contributed by atoms with Gasteiger partial charge >= 0.3 is 0 Å². The number of carbonyl (C=O) groups excluding carboxylic acids is 3. The van der Waals surface area contributed by atoms with Crippen molar-refractivity contribution in [2.24, 2.45) is 23.7 Å².